The lowest BCUT2D eigenvalue weighted by Crippen LogP contribution is -2.03. The lowest BCUT2D eigenvalue weighted by atomic mass is 10.1. The first-order chi connectivity index (χ1) is 6.81. The highest BCUT2D eigenvalue weighted by atomic mass is 79.9. The lowest BCUT2D eigenvalue weighted by Gasteiger charge is -1.91. The molecule has 0 aliphatic rings. The van der Waals surface area contributed by atoms with E-state index in [2.05, 4.69) is 21.1 Å². The number of carbonyl (C=O) groups is 1. The van der Waals surface area contributed by atoms with Crippen LogP contribution in [0.4, 0.5) is 0 Å². The number of nitrogens with zero attached hydrogens (tertiary/aromatic N) is 1. The van der Waals surface area contributed by atoms with Crippen molar-refractivity contribution in [3.8, 4) is 0 Å². The maximum absolute atomic E-state index is 11.2. The van der Waals surface area contributed by atoms with Crippen molar-refractivity contribution in [2.45, 2.75) is 6.42 Å². The molecule has 1 heterocycles. The first kappa shape index (κ1) is 9.40. The second kappa shape index (κ2) is 3.92. The van der Waals surface area contributed by atoms with Crippen LogP contribution in [0.25, 0.3) is 11.0 Å². The number of ketones is 1. The predicted molar refractivity (Wildman–Crippen MR) is 56.5 cm³/mol. The normalized spacial score (nSPS) is 10.6. The van der Waals surface area contributed by atoms with Crippen molar-refractivity contribution in [1.29, 1.82) is 0 Å². The van der Waals surface area contributed by atoms with Gasteiger partial charge < -0.3 is 4.52 Å². The molecule has 0 aliphatic carbocycles. The van der Waals surface area contributed by atoms with E-state index in [-0.39, 0.29) is 5.78 Å². The molecule has 0 amide bonds. The van der Waals surface area contributed by atoms with Crippen LogP contribution in [0, 0.1) is 0 Å². The molecule has 0 fully saturated rings. The Labute approximate surface area is 89.2 Å². The van der Waals surface area contributed by atoms with E-state index in [1.807, 2.05) is 24.3 Å². The Hall–Kier alpha value is -1.16. The van der Waals surface area contributed by atoms with E-state index >= 15 is 0 Å². The first-order valence-corrected chi connectivity index (χ1v) is 5.34. The number of hydrogen-bond donors (Lipinski definition) is 0. The fourth-order valence-corrected chi connectivity index (χ4v) is 1.50. The van der Waals surface area contributed by atoms with Gasteiger partial charge in [0.2, 0.25) is 0 Å². The van der Waals surface area contributed by atoms with Gasteiger partial charge in [0.25, 0.3) is 0 Å². The molecule has 1 aromatic heterocycles. The zero-order chi connectivity index (χ0) is 9.97. The van der Waals surface area contributed by atoms with E-state index in [9.17, 15) is 4.79 Å². The Bertz CT molecular complexity index is 464. The van der Waals surface area contributed by atoms with Crippen LogP contribution < -0.4 is 0 Å². The first-order valence-electron chi connectivity index (χ1n) is 4.22. The quantitative estimate of drug-likeness (QED) is 0.789. The highest BCUT2D eigenvalue weighted by molar-refractivity contribution is 9.09. The number of benzene rings is 1. The Balaban J connectivity index is 2.38. The molecule has 2 aromatic rings. The molecule has 0 unspecified atom stereocenters. The van der Waals surface area contributed by atoms with Gasteiger partial charge >= 0.3 is 0 Å². The summed E-state index contributed by atoms with van der Waals surface area (Å²) in [5.41, 5.74) is 1.44. The van der Waals surface area contributed by atoms with Crippen molar-refractivity contribution >= 4 is 32.7 Å². The van der Waals surface area contributed by atoms with Crippen LogP contribution in [0.2, 0.25) is 0 Å². The summed E-state index contributed by atoms with van der Waals surface area (Å²) in [6, 6.07) is 7.53. The Morgan fingerprint density at radius 1 is 1.43 bits per heavy atom. The van der Waals surface area contributed by atoms with Gasteiger partial charge in [-0.25, -0.2) is 0 Å². The number of rotatable bonds is 3. The average molecular weight is 254 g/mol. The van der Waals surface area contributed by atoms with E-state index < -0.39 is 0 Å². The minimum Gasteiger partial charge on any atom is -0.356 e. The molecule has 0 N–H and O–H groups in total. The summed E-state index contributed by atoms with van der Waals surface area (Å²) in [5.74, 6) is 0.101. The standard InChI is InChI=1S/C10H8BrNO2/c11-6-7(13)5-9-8-3-1-2-4-10(8)14-12-9/h1-4H,5-6H2. The Morgan fingerprint density at radius 3 is 3.00 bits per heavy atom. The maximum atomic E-state index is 11.2. The van der Waals surface area contributed by atoms with Crippen LogP contribution in [-0.2, 0) is 11.2 Å². The van der Waals surface area contributed by atoms with E-state index in [1.54, 1.807) is 0 Å². The third-order valence-electron chi connectivity index (χ3n) is 1.97. The molecule has 72 valence electrons. The molecule has 0 spiro atoms. The second-order valence-corrected chi connectivity index (χ2v) is 3.54. The fourth-order valence-electron chi connectivity index (χ4n) is 1.30. The monoisotopic (exact) mass is 253 g/mol. The van der Waals surface area contributed by atoms with Gasteiger partial charge in [0.1, 0.15) is 5.78 Å². The molecule has 0 radical (unpaired) electrons. The molecule has 0 aliphatic heterocycles. The van der Waals surface area contributed by atoms with Crippen LogP contribution >= 0.6 is 15.9 Å². The van der Waals surface area contributed by atoms with Gasteiger partial charge in [-0.15, -0.1) is 0 Å². The number of carbonyl (C=O) groups excluding carboxylic acids is 1. The average Bonchev–Trinajstić information content (AvgIpc) is 2.62. The number of alkyl halides is 1. The molecule has 4 heteroatoms. The summed E-state index contributed by atoms with van der Waals surface area (Å²) in [5, 5.41) is 5.14. The van der Waals surface area contributed by atoms with Gasteiger partial charge in [-0.05, 0) is 12.1 Å². The smallest absolute Gasteiger partial charge is 0.167 e. The SMILES string of the molecule is O=C(CBr)Cc1noc2ccccc12. The lowest BCUT2D eigenvalue weighted by molar-refractivity contribution is -0.115. The van der Waals surface area contributed by atoms with Crippen molar-refractivity contribution in [2.75, 3.05) is 5.33 Å². The van der Waals surface area contributed by atoms with Gasteiger partial charge in [-0.3, -0.25) is 4.79 Å². The summed E-state index contributed by atoms with van der Waals surface area (Å²) in [6.45, 7) is 0. The minimum atomic E-state index is 0.101. The van der Waals surface area contributed by atoms with Crippen molar-refractivity contribution in [3.05, 3.63) is 30.0 Å². The van der Waals surface area contributed by atoms with Gasteiger partial charge in [-0.1, -0.05) is 33.2 Å². The molecule has 1 aromatic carbocycles. The molecule has 3 nitrogen and oxygen atoms in total. The Morgan fingerprint density at radius 2 is 2.21 bits per heavy atom. The van der Waals surface area contributed by atoms with Crippen LogP contribution in [0.3, 0.4) is 0 Å². The van der Waals surface area contributed by atoms with E-state index in [4.69, 9.17) is 4.52 Å². The summed E-state index contributed by atoms with van der Waals surface area (Å²) in [6.07, 6.45) is 0.322. The Kier molecular flexibility index (Phi) is 2.63. The number of aromatic nitrogens is 1. The highest BCUT2D eigenvalue weighted by Gasteiger charge is 2.10. The number of fused-ring (bicyclic) bond motifs is 1. The van der Waals surface area contributed by atoms with Crippen molar-refractivity contribution in [2.24, 2.45) is 0 Å². The largest absolute Gasteiger partial charge is 0.356 e. The number of hydrogen-bond acceptors (Lipinski definition) is 3. The number of Topliss-reactive ketones (excluding diaryl/α,β-unsaturated/α-hetero) is 1. The van der Waals surface area contributed by atoms with Crippen LogP contribution in [-0.4, -0.2) is 16.3 Å². The molecule has 0 atom stereocenters. The summed E-state index contributed by atoms with van der Waals surface area (Å²) < 4.78 is 5.08. The summed E-state index contributed by atoms with van der Waals surface area (Å²) >= 11 is 3.12. The van der Waals surface area contributed by atoms with Crippen LogP contribution in [0.5, 0.6) is 0 Å². The fraction of sp³-hybridized carbons (Fsp3) is 0.200. The molecule has 0 bridgehead atoms. The zero-order valence-corrected chi connectivity index (χ0v) is 8.95. The van der Waals surface area contributed by atoms with Crippen molar-refractivity contribution in [1.82, 2.24) is 5.16 Å². The van der Waals surface area contributed by atoms with E-state index in [1.165, 1.54) is 0 Å². The summed E-state index contributed by atoms with van der Waals surface area (Å²) in [7, 11) is 0. The highest BCUT2D eigenvalue weighted by Crippen LogP contribution is 2.18. The second-order valence-electron chi connectivity index (χ2n) is 2.97. The van der Waals surface area contributed by atoms with Gasteiger partial charge in [0, 0.05) is 5.39 Å². The molecule has 14 heavy (non-hydrogen) atoms. The summed E-state index contributed by atoms with van der Waals surface area (Å²) in [4.78, 5) is 11.2. The van der Waals surface area contributed by atoms with Crippen molar-refractivity contribution in [3.63, 3.8) is 0 Å². The molecule has 0 saturated carbocycles. The maximum Gasteiger partial charge on any atom is 0.167 e. The third kappa shape index (κ3) is 1.70. The van der Waals surface area contributed by atoms with E-state index in [0.29, 0.717) is 17.4 Å². The number of para-hydroxylation sites is 1. The minimum absolute atomic E-state index is 0.101. The predicted octanol–water partition coefficient (Wildman–Crippen LogP) is 2.33. The van der Waals surface area contributed by atoms with Crippen molar-refractivity contribution < 1.29 is 9.32 Å². The molecule has 0 saturated heterocycles. The van der Waals surface area contributed by atoms with Crippen LogP contribution in [0.1, 0.15) is 5.69 Å². The molecular formula is C10H8BrNO2. The van der Waals surface area contributed by atoms with E-state index in [0.717, 1.165) is 11.0 Å². The molecular weight excluding hydrogens is 246 g/mol. The van der Waals surface area contributed by atoms with Crippen LogP contribution in [0.15, 0.2) is 28.8 Å². The number of halogens is 1. The topological polar surface area (TPSA) is 43.1 Å². The molecule has 2 rings (SSSR count). The third-order valence-corrected chi connectivity index (χ3v) is 2.59. The zero-order valence-electron chi connectivity index (χ0n) is 7.37. The van der Waals surface area contributed by atoms with Gasteiger partial charge in [0.15, 0.2) is 5.58 Å². The van der Waals surface area contributed by atoms with Gasteiger partial charge in [0.05, 0.1) is 17.4 Å². The van der Waals surface area contributed by atoms with Gasteiger partial charge in [-0.2, -0.15) is 0 Å².